The molecule has 3 aromatic carbocycles. The summed E-state index contributed by atoms with van der Waals surface area (Å²) in [5.74, 6) is 0.289. The van der Waals surface area contributed by atoms with E-state index in [1.807, 2.05) is 42.5 Å². The molecule has 0 aliphatic carbocycles. The molecule has 0 fully saturated rings. The highest BCUT2D eigenvalue weighted by atomic mass is 79.9. The molecule has 0 atom stereocenters. The first-order chi connectivity index (χ1) is 14.0. The number of hydrogen-bond donors (Lipinski definition) is 1. The summed E-state index contributed by atoms with van der Waals surface area (Å²) in [6, 6.07) is 23.9. The Morgan fingerprint density at radius 3 is 2.48 bits per heavy atom. The van der Waals surface area contributed by atoms with Gasteiger partial charge in [0.1, 0.15) is 5.75 Å². The molecule has 3 aromatic rings. The van der Waals surface area contributed by atoms with Gasteiger partial charge in [0.25, 0.3) is 5.91 Å². The Morgan fingerprint density at radius 2 is 1.83 bits per heavy atom. The highest BCUT2D eigenvalue weighted by Crippen LogP contribution is 2.28. The van der Waals surface area contributed by atoms with E-state index in [0.29, 0.717) is 26.5 Å². The molecule has 1 N–H and O–H groups in total. The third-order valence-corrected chi connectivity index (χ3v) is 4.83. The molecule has 0 spiro atoms. The SMILES string of the molecule is N#C/C(=C\c1ccc(OCC(=O)Nc2ccccc2)c(Br)c1)c1ccc(Cl)cc1. The van der Waals surface area contributed by atoms with Gasteiger partial charge in [-0.3, -0.25) is 4.79 Å². The lowest BCUT2D eigenvalue weighted by molar-refractivity contribution is -0.118. The van der Waals surface area contributed by atoms with Crippen molar-refractivity contribution >= 4 is 50.8 Å². The number of benzene rings is 3. The van der Waals surface area contributed by atoms with Gasteiger partial charge in [0, 0.05) is 10.7 Å². The quantitative estimate of drug-likeness (QED) is 0.347. The number of anilines is 1. The van der Waals surface area contributed by atoms with Crippen molar-refractivity contribution in [3.05, 3.63) is 93.4 Å². The number of carbonyl (C=O) groups is 1. The number of nitrogens with zero attached hydrogens (tertiary/aromatic N) is 1. The summed E-state index contributed by atoms with van der Waals surface area (Å²) in [7, 11) is 0. The van der Waals surface area contributed by atoms with Gasteiger partial charge in [0.05, 0.1) is 16.1 Å². The summed E-state index contributed by atoms with van der Waals surface area (Å²) in [4.78, 5) is 12.0. The van der Waals surface area contributed by atoms with Gasteiger partial charge < -0.3 is 10.1 Å². The van der Waals surface area contributed by atoms with Crippen LogP contribution in [-0.2, 0) is 4.79 Å². The molecule has 0 saturated carbocycles. The zero-order valence-electron chi connectivity index (χ0n) is 15.2. The van der Waals surface area contributed by atoms with Crippen LogP contribution in [0.4, 0.5) is 5.69 Å². The molecule has 6 heteroatoms. The number of halogens is 2. The van der Waals surface area contributed by atoms with E-state index >= 15 is 0 Å². The average Bonchev–Trinajstić information content (AvgIpc) is 2.73. The lowest BCUT2D eigenvalue weighted by Gasteiger charge is -2.10. The number of nitrogens with one attached hydrogen (secondary N) is 1. The Morgan fingerprint density at radius 1 is 1.10 bits per heavy atom. The number of nitriles is 1. The fraction of sp³-hybridized carbons (Fsp3) is 0.0435. The van der Waals surface area contributed by atoms with E-state index in [9.17, 15) is 10.1 Å². The lowest BCUT2D eigenvalue weighted by Crippen LogP contribution is -2.20. The Bertz CT molecular complexity index is 1070. The van der Waals surface area contributed by atoms with E-state index in [-0.39, 0.29) is 12.5 Å². The van der Waals surface area contributed by atoms with Crippen molar-refractivity contribution in [3.8, 4) is 11.8 Å². The molecule has 0 bridgehead atoms. The van der Waals surface area contributed by atoms with Crippen molar-refractivity contribution in [1.82, 2.24) is 0 Å². The summed E-state index contributed by atoms with van der Waals surface area (Å²) in [5.41, 5.74) is 2.84. The van der Waals surface area contributed by atoms with Crippen LogP contribution in [0.2, 0.25) is 5.02 Å². The van der Waals surface area contributed by atoms with Gasteiger partial charge in [-0.15, -0.1) is 0 Å². The van der Waals surface area contributed by atoms with Crippen LogP contribution in [0.15, 0.2) is 77.3 Å². The molecular weight excluding hydrogens is 452 g/mol. The molecule has 0 aliphatic heterocycles. The van der Waals surface area contributed by atoms with E-state index in [2.05, 4.69) is 27.3 Å². The average molecular weight is 468 g/mol. The minimum absolute atomic E-state index is 0.114. The standard InChI is InChI=1S/C23H16BrClN2O2/c24-21-13-16(12-18(14-26)17-7-9-19(25)10-8-17)6-11-22(21)29-15-23(28)27-20-4-2-1-3-5-20/h1-13H,15H2,(H,27,28)/b18-12+. The van der Waals surface area contributed by atoms with Crippen LogP contribution in [-0.4, -0.2) is 12.5 Å². The predicted molar refractivity (Wildman–Crippen MR) is 120 cm³/mol. The molecule has 29 heavy (non-hydrogen) atoms. The number of ether oxygens (including phenoxy) is 1. The summed E-state index contributed by atoms with van der Waals surface area (Å²) >= 11 is 9.36. The second-order valence-corrected chi connectivity index (χ2v) is 7.36. The van der Waals surface area contributed by atoms with E-state index < -0.39 is 0 Å². The largest absolute Gasteiger partial charge is 0.483 e. The Hall–Kier alpha value is -3.07. The summed E-state index contributed by atoms with van der Waals surface area (Å²) < 4.78 is 6.28. The first-order valence-corrected chi connectivity index (χ1v) is 9.87. The van der Waals surface area contributed by atoms with Crippen molar-refractivity contribution in [2.24, 2.45) is 0 Å². The maximum absolute atomic E-state index is 12.0. The Balaban J connectivity index is 1.67. The fourth-order valence-corrected chi connectivity index (χ4v) is 3.20. The number of para-hydroxylation sites is 1. The molecule has 1 amide bonds. The van der Waals surface area contributed by atoms with Crippen molar-refractivity contribution in [1.29, 1.82) is 5.26 Å². The second-order valence-electron chi connectivity index (χ2n) is 6.07. The third kappa shape index (κ3) is 5.95. The lowest BCUT2D eigenvalue weighted by atomic mass is 10.0. The van der Waals surface area contributed by atoms with E-state index in [1.54, 1.807) is 36.4 Å². The van der Waals surface area contributed by atoms with Crippen molar-refractivity contribution in [3.63, 3.8) is 0 Å². The van der Waals surface area contributed by atoms with Gasteiger partial charge in [-0.1, -0.05) is 48.0 Å². The van der Waals surface area contributed by atoms with Crippen LogP contribution in [0.3, 0.4) is 0 Å². The van der Waals surface area contributed by atoms with Crippen molar-refractivity contribution in [2.75, 3.05) is 11.9 Å². The minimum Gasteiger partial charge on any atom is -0.483 e. The monoisotopic (exact) mass is 466 g/mol. The van der Waals surface area contributed by atoms with Gasteiger partial charge in [-0.2, -0.15) is 5.26 Å². The predicted octanol–water partition coefficient (Wildman–Crippen LogP) is 6.18. The fourth-order valence-electron chi connectivity index (χ4n) is 2.56. The summed E-state index contributed by atoms with van der Waals surface area (Å²) in [6.07, 6.45) is 1.78. The molecule has 0 unspecified atom stereocenters. The molecule has 0 heterocycles. The zero-order chi connectivity index (χ0) is 20.6. The van der Waals surface area contributed by atoms with Crippen LogP contribution in [0.25, 0.3) is 11.6 Å². The van der Waals surface area contributed by atoms with Crippen LogP contribution in [0, 0.1) is 11.3 Å². The molecule has 144 valence electrons. The number of hydrogen-bond acceptors (Lipinski definition) is 3. The van der Waals surface area contributed by atoms with Gasteiger partial charge in [-0.25, -0.2) is 0 Å². The van der Waals surface area contributed by atoms with Crippen LogP contribution < -0.4 is 10.1 Å². The first kappa shape index (κ1) is 20.7. The molecule has 0 aliphatic rings. The van der Waals surface area contributed by atoms with Gasteiger partial charge in [-0.05, 0) is 69.5 Å². The van der Waals surface area contributed by atoms with Crippen LogP contribution in [0.1, 0.15) is 11.1 Å². The van der Waals surface area contributed by atoms with Crippen LogP contribution >= 0.6 is 27.5 Å². The molecule has 0 aromatic heterocycles. The molecule has 3 rings (SSSR count). The molecule has 4 nitrogen and oxygen atoms in total. The van der Waals surface area contributed by atoms with Gasteiger partial charge >= 0.3 is 0 Å². The Labute approximate surface area is 182 Å². The maximum atomic E-state index is 12.0. The molecule has 0 radical (unpaired) electrons. The van der Waals surface area contributed by atoms with E-state index in [0.717, 1.165) is 11.1 Å². The highest BCUT2D eigenvalue weighted by Gasteiger charge is 2.08. The third-order valence-electron chi connectivity index (χ3n) is 3.96. The Kier molecular flexibility index (Phi) is 7.07. The van der Waals surface area contributed by atoms with Gasteiger partial charge in [0.2, 0.25) is 0 Å². The topological polar surface area (TPSA) is 62.1 Å². The normalized spacial score (nSPS) is 10.9. The first-order valence-electron chi connectivity index (χ1n) is 8.70. The number of carbonyl (C=O) groups excluding carboxylic acids is 1. The second kappa shape index (κ2) is 9.92. The van der Waals surface area contributed by atoms with Gasteiger partial charge in [0.15, 0.2) is 6.61 Å². The summed E-state index contributed by atoms with van der Waals surface area (Å²) in [5, 5.41) is 12.9. The summed E-state index contributed by atoms with van der Waals surface area (Å²) in [6.45, 7) is -0.114. The zero-order valence-corrected chi connectivity index (χ0v) is 17.6. The van der Waals surface area contributed by atoms with Crippen molar-refractivity contribution in [2.45, 2.75) is 0 Å². The number of amides is 1. The number of rotatable bonds is 6. The van der Waals surface area contributed by atoms with Crippen LogP contribution in [0.5, 0.6) is 5.75 Å². The van der Waals surface area contributed by atoms with E-state index in [1.165, 1.54) is 0 Å². The molecule has 0 saturated heterocycles. The minimum atomic E-state index is -0.249. The van der Waals surface area contributed by atoms with Crippen molar-refractivity contribution < 1.29 is 9.53 Å². The van der Waals surface area contributed by atoms with E-state index in [4.69, 9.17) is 16.3 Å². The molecular formula is C23H16BrClN2O2. The maximum Gasteiger partial charge on any atom is 0.262 e. The smallest absolute Gasteiger partial charge is 0.262 e. The number of allylic oxidation sites excluding steroid dienone is 1. The highest BCUT2D eigenvalue weighted by molar-refractivity contribution is 9.10.